The summed E-state index contributed by atoms with van der Waals surface area (Å²) in [5, 5.41) is 10.1. The van der Waals surface area contributed by atoms with E-state index in [1.165, 1.54) is 0 Å². The maximum atomic E-state index is 12.4. The third kappa shape index (κ3) is 4.87. The van der Waals surface area contributed by atoms with E-state index >= 15 is 0 Å². The van der Waals surface area contributed by atoms with Gasteiger partial charge in [-0.1, -0.05) is 82.3 Å². The van der Waals surface area contributed by atoms with Crippen molar-refractivity contribution in [1.82, 2.24) is 19.1 Å². The molecular formula is C36H36N4O2. The molecule has 6 nitrogen and oxygen atoms in total. The number of fused-ring (bicyclic) bond motifs is 2. The Labute approximate surface area is 246 Å². The van der Waals surface area contributed by atoms with Crippen LogP contribution in [0.1, 0.15) is 61.4 Å². The lowest BCUT2D eigenvalue weighted by Gasteiger charge is -2.23. The number of aromatic carboxylic acids is 1. The topological polar surface area (TPSA) is 72.9 Å². The normalized spacial score (nSPS) is 11.9. The minimum Gasteiger partial charge on any atom is -0.478 e. The molecule has 0 amide bonds. The van der Waals surface area contributed by atoms with Crippen LogP contribution in [0.4, 0.5) is 0 Å². The number of carboxylic acid groups (broad SMARTS) is 1. The lowest BCUT2D eigenvalue weighted by atomic mass is 9.81. The Hall–Kier alpha value is -4.71. The molecule has 6 rings (SSSR count). The minimum absolute atomic E-state index is 0.275. The van der Waals surface area contributed by atoms with E-state index in [1.54, 1.807) is 0 Å². The van der Waals surface area contributed by atoms with Gasteiger partial charge in [-0.3, -0.25) is 0 Å². The van der Waals surface area contributed by atoms with Gasteiger partial charge in [-0.25, -0.2) is 14.8 Å². The predicted molar refractivity (Wildman–Crippen MR) is 170 cm³/mol. The fourth-order valence-electron chi connectivity index (χ4n) is 5.93. The molecule has 2 heterocycles. The molecule has 2 aromatic heterocycles. The first-order valence-electron chi connectivity index (χ1n) is 14.5. The SMILES string of the molecule is CCCc1nc2ccc(-c3nc4ccccc4n3C)cc2n1Cc1ccc(-c2cccc(C(C)(C)C)c2C(=O)O)cc1. The second kappa shape index (κ2) is 10.6. The summed E-state index contributed by atoms with van der Waals surface area (Å²) in [5.74, 6) is 1.09. The van der Waals surface area contributed by atoms with Crippen LogP contribution in [0.5, 0.6) is 0 Å². The first-order chi connectivity index (χ1) is 20.2. The molecule has 6 heteroatoms. The Kier molecular flexibility index (Phi) is 6.93. The highest BCUT2D eigenvalue weighted by Gasteiger charge is 2.24. The number of hydrogen-bond acceptors (Lipinski definition) is 3. The predicted octanol–water partition coefficient (Wildman–Crippen LogP) is 8.25. The molecule has 0 radical (unpaired) electrons. The molecular weight excluding hydrogens is 520 g/mol. The number of para-hydroxylation sites is 2. The molecule has 212 valence electrons. The van der Waals surface area contributed by atoms with Crippen LogP contribution in [-0.2, 0) is 25.4 Å². The Morgan fingerprint density at radius 1 is 0.833 bits per heavy atom. The largest absolute Gasteiger partial charge is 0.478 e. The van der Waals surface area contributed by atoms with Crippen LogP contribution in [0.2, 0.25) is 0 Å². The smallest absolute Gasteiger partial charge is 0.336 e. The van der Waals surface area contributed by atoms with Gasteiger partial charge in [0, 0.05) is 25.6 Å². The first-order valence-corrected chi connectivity index (χ1v) is 14.5. The van der Waals surface area contributed by atoms with Crippen molar-refractivity contribution in [3.8, 4) is 22.5 Å². The number of hydrogen-bond donors (Lipinski definition) is 1. The summed E-state index contributed by atoms with van der Waals surface area (Å²) < 4.78 is 4.45. The lowest BCUT2D eigenvalue weighted by Crippen LogP contribution is -2.17. The van der Waals surface area contributed by atoms with E-state index in [-0.39, 0.29) is 5.41 Å². The summed E-state index contributed by atoms with van der Waals surface area (Å²) in [6.45, 7) is 8.99. The van der Waals surface area contributed by atoms with Gasteiger partial charge in [0.15, 0.2) is 0 Å². The van der Waals surface area contributed by atoms with Gasteiger partial charge in [0.1, 0.15) is 11.6 Å². The number of rotatable bonds is 7. The molecule has 42 heavy (non-hydrogen) atoms. The van der Waals surface area contributed by atoms with Gasteiger partial charge in [-0.2, -0.15) is 0 Å². The average Bonchev–Trinajstić information content (AvgIpc) is 3.49. The fraction of sp³-hybridized carbons (Fsp3) is 0.250. The third-order valence-corrected chi connectivity index (χ3v) is 8.04. The van der Waals surface area contributed by atoms with Crippen LogP contribution in [0.15, 0.2) is 84.9 Å². The van der Waals surface area contributed by atoms with E-state index in [1.807, 2.05) is 69.3 Å². The number of nitrogens with zero attached hydrogens (tertiary/aromatic N) is 4. The third-order valence-electron chi connectivity index (χ3n) is 8.04. The van der Waals surface area contributed by atoms with Gasteiger partial charge in [-0.05, 0) is 64.4 Å². The summed E-state index contributed by atoms with van der Waals surface area (Å²) in [6.07, 6.45) is 1.89. The van der Waals surface area contributed by atoms with E-state index in [2.05, 4.69) is 59.5 Å². The van der Waals surface area contributed by atoms with Crippen LogP contribution in [0.25, 0.3) is 44.6 Å². The standard InChI is InChI=1S/C36H36N4O2/c1-6-10-32-37-29-20-19-25(34-38-28-13-7-8-14-30(28)39(34)5)21-31(29)40(32)22-23-15-17-24(18-16-23)26-11-9-12-27(36(2,3)4)33(26)35(41)42/h7-9,11-21H,6,10,22H2,1-5H3,(H,41,42). The molecule has 0 atom stereocenters. The van der Waals surface area contributed by atoms with Crippen molar-refractivity contribution in [2.75, 3.05) is 0 Å². The van der Waals surface area contributed by atoms with Crippen LogP contribution in [0.3, 0.4) is 0 Å². The number of carboxylic acids is 1. The molecule has 0 spiro atoms. The Morgan fingerprint density at radius 2 is 1.55 bits per heavy atom. The molecule has 0 fully saturated rings. The summed E-state index contributed by atoms with van der Waals surface area (Å²) in [6, 6.07) is 28.6. The molecule has 0 saturated carbocycles. The molecule has 4 aromatic carbocycles. The number of benzene rings is 4. The van der Waals surface area contributed by atoms with Gasteiger partial charge in [0.25, 0.3) is 0 Å². The fourth-order valence-corrected chi connectivity index (χ4v) is 5.93. The van der Waals surface area contributed by atoms with Gasteiger partial charge >= 0.3 is 5.97 Å². The van der Waals surface area contributed by atoms with Gasteiger partial charge in [0.05, 0.1) is 27.6 Å². The number of imidazole rings is 2. The highest BCUT2D eigenvalue weighted by atomic mass is 16.4. The van der Waals surface area contributed by atoms with E-state index in [0.29, 0.717) is 12.1 Å². The van der Waals surface area contributed by atoms with Crippen LogP contribution < -0.4 is 0 Å². The number of aromatic nitrogens is 4. The Balaban J connectivity index is 1.39. The van der Waals surface area contributed by atoms with Gasteiger partial charge < -0.3 is 14.2 Å². The molecule has 6 aromatic rings. The summed E-state index contributed by atoms with van der Waals surface area (Å²) in [5.41, 5.74) is 8.90. The Morgan fingerprint density at radius 3 is 2.24 bits per heavy atom. The van der Waals surface area contributed by atoms with Crippen molar-refractivity contribution in [1.29, 1.82) is 0 Å². The van der Waals surface area contributed by atoms with Crippen molar-refractivity contribution in [3.05, 3.63) is 107 Å². The van der Waals surface area contributed by atoms with Crippen LogP contribution >= 0.6 is 0 Å². The maximum Gasteiger partial charge on any atom is 0.336 e. The molecule has 1 N–H and O–H groups in total. The summed E-state index contributed by atoms with van der Waals surface area (Å²) in [4.78, 5) is 22.3. The quantitative estimate of drug-likeness (QED) is 0.215. The van der Waals surface area contributed by atoms with Crippen molar-refractivity contribution in [2.24, 2.45) is 7.05 Å². The zero-order valence-corrected chi connectivity index (χ0v) is 24.8. The van der Waals surface area contributed by atoms with Gasteiger partial charge in [0.2, 0.25) is 0 Å². The van der Waals surface area contributed by atoms with Crippen molar-refractivity contribution in [2.45, 2.75) is 52.5 Å². The van der Waals surface area contributed by atoms with Crippen molar-refractivity contribution in [3.63, 3.8) is 0 Å². The maximum absolute atomic E-state index is 12.4. The minimum atomic E-state index is -0.898. The molecule has 0 aliphatic carbocycles. The van der Waals surface area contributed by atoms with Gasteiger partial charge in [-0.15, -0.1) is 0 Å². The molecule has 0 saturated heterocycles. The van der Waals surface area contributed by atoms with E-state index in [0.717, 1.165) is 74.4 Å². The highest BCUT2D eigenvalue weighted by molar-refractivity contribution is 5.98. The van der Waals surface area contributed by atoms with Crippen LogP contribution in [-0.4, -0.2) is 30.2 Å². The van der Waals surface area contributed by atoms with Crippen molar-refractivity contribution >= 4 is 28.0 Å². The molecule has 0 bridgehead atoms. The second-order valence-electron chi connectivity index (χ2n) is 12.0. The Bertz CT molecular complexity index is 1940. The number of carbonyl (C=O) groups is 1. The number of aryl methyl sites for hydroxylation is 2. The van der Waals surface area contributed by atoms with Crippen LogP contribution in [0, 0.1) is 0 Å². The summed E-state index contributed by atoms with van der Waals surface area (Å²) >= 11 is 0. The second-order valence-corrected chi connectivity index (χ2v) is 12.0. The van der Waals surface area contributed by atoms with E-state index < -0.39 is 5.97 Å². The first kappa shape index (κ1) is 27.5. The lowest BCUT2D eigenvalue weighted by molar-refractivity contribution is 0.0695. The highest BCUT2D eigenvalue weighted by Crippen LogP contribution is 2.34. The molecule has 0 unspecified atom stereocenters. The zero-order chi connectivity index (χ0) is 29.6. The van der Waals surface area contributed by atoms with Crippen molar-refractivity contribution < 1.29 is 9.90 Å². The zero-order valence-electron chi connectivity index (χ0n) is 24.8. The monoisotopic (exact) mass is 556 g/mol. The molecule has 0 aliphatic rings. The van der Waals surface area contributed by atoms with E-state index in [4.69, 9.17) is 9.97 Å². The average molecular weight is 557 g/mol. The van der Waals surface area contributed by atoms with E-state index in [9.17, 15) is 9.90 Å². The summed E-state index contributed by atoms with van der Waals surface area (Å²) in [7, 11) is 2.06. The molecule has 0 aliphatic heterocycles.